The number of aromatic amines is 1. The first-order valence-corrected chi connectivity index (χ1v) is 6.27. The van der Waals surface area contributed by atoms with Crippen molar-refractivity contribution >= 4 is 17.1 Å². The van der Waals surface area contributed by atoms with Crippen LogP contribution in [0, 0.1) is 0 Å². The van der Waals surface area contributed by atoms with Crippen LogP contribution in [0.4, 0.5) is 5.95 Å². The van der Waals surface area contributed by atoms with Crippen LogP contribution in [0.25, 0.3) is 11.2 Å². The summed E-state index contributed by atoms with van der Waals surface area (Å²) >= 11 is 0. The lowest BCUT2D eigenvalue weighted by atomic mass is 9.86. The molecule has 5 heteroatoms. The number of aromatic nitrogens is 4. The molecule has 2 heterocycles. The van der Waals surface area contributed by atoms with Crippen LogP contribution in [0.1, 0.15) is 43.7 Å². The molecule has 3 rings (SSSR count). The Morgan fingerprint density at radius 1 is 1.24 bits per heavy atom. The van der Waals surface area contributed by atoms with Crippen LogP contribution >= 0.6 is 0 Å². The van der Waals surface area contributed by atoms with Gasteiger partial charge in [0.25, 0.3) is 0 Å². The summed E-state index contributed by atoms with van der Waals surface area (Å²) in [5, 5.41) is 3.01. The predicted octanol–water partition coefficient (Wildman–Crippen LogP) is 2.44. The minimum absolute atomic E-state index is 0.569. The quantitative estimate of drug-likeness (QED) is 0.833. The lowest BCUT2D eigenvalue weighted by molar-refractivity contribution is 0.438. The van der Waals surface area contributed by atoms with Crippen molar-refractivity contribution in [1.29, 1.82) is 0 Å². The number of nitrogens with one attached hydrogen (secondary N) is 2. The van der Waals surface area contributed by atoms with E-state index >= 15 is 0 Å². The Kier molecular flexibility index (Phi) is 2.66. The summed E-state index contributed by atoms with van der Waals surface area (Å²) in [5.74, 6) is 1.33. The highest BCUT2D eigenvalue weighted by atomic mass is 15.1. The molecule has 0 spiro atoms. The molecule has 1 aliphatic rings. The predicted molar refractivity (Wildman–Crippen MR) is 67.1 cm³/mol. The molecular formula is C12H17N5. The van der Waals surface area contributed by atoms with Crippen LogP contribution in [0.3, 0.4) is 0 Å². The van der Waals surface area contributed by atoms with Crippen LogP contribution in [0.15, 0.2) is 6.33 Å². The molecule has 0 amide bonds. The summed E-state index contributed by atoms with van der Waals surface area (Å²) in [6.07, 6.45) is 8.08. The monoisotopic (exact) mass is 231 g/mol. The third kappa shape index (κ3) is 1.85. The molecule has 2 aromatic heterocycles. The molecule has 0 radical (unpaired) electrons. The van der Waals surface area contributed by atoms with Gasteiger partial charge in [0, 0.05) is 13.0 Å². The van der Waals surface area contributed by atoms with E-state index in [-0.39, 0.29) is 0 Å². The number of hydrogen-bond acceptors (Lipinski definition) is 4. The highest BCUT2D eigenvalue weighted by Gasteiger charge is 2.20. The largest absolute Gasteiger partial charge is 0.359 e. The van der Waals surface area contributed by atoms with Crippen molar-refractivity contribution in [3.05, 3.63) is 12.0 Å². The fourth-order valence-corrected chi connectivity index (χ4v) is 2.65. The van der Waals surface area contributed by atoms with Crippen molar-refractivity contribution in [2.45, 2.75) is 38.0 Å². The topological polar surface area (TPSA) is 66.5 Å². The van der Waals surface area contributed by atoms with Crippen molar-refractivity contribution in [1.82, 2.24) is 19.9 Å². The van der Waals surface area contributed by atoms with Gasteiger partial charge in [0.2, 0.25) is 5.95 Å². The maximum atomic E-state index is 4.47. The second-order valence-electron chi connectivity index (χ2n) is 4.63. The second kappa shape index (κ2) is 4.31. The first-order valence-electron chi connectivity index (χ1n) is 6.27. The van der Waals surface area contributed by atoms with Crippen LogP contribution in [0.2, 0.25) is 0 Å². The molecule has 0 unspecified atom stereocenters. The van der Waals surface area contributed by atoms with Gasteiger partial charge in [0.15, 0.2) is 5.65 Å². The number of hydrogen-bond donors (Lipinski definition) is 2. The number of rotatable bonds is 2. The summed E-state index contributed by atoms with van der Waals surface area (Å²) in [6.45, 7) is 0. The average molecular weight is 231 g/mol. The van der Waals surface area contributed by atoms with E-state index in [0.29, 0.717) is 5.92 Å². The Labute approximate surface area is 100 Å². The molecule has 0 bridgehead atoms. The van der Waals surface area contributed by atoms with Crippen molar-refractivity contribution in [3.8, 4) is 0 Å². The maximum Gasteiger partial charge on any atom is 0.202 e. The smallest absolute Gasteiger partial charge is 0.202 e. The number of fused-ring (bicyclic) bond motifs is 1. The summed E-state index contributed by atoms with van der Waals surface area (Å²) in [7, 11) is 1.85. The molecule has 5 nitrogen and oxygen atoms in total. The Morgan fingerprint density at radius 2 is 2.06 bits per heavy atom. The van der Waals surface area contributed by atoms with Gasteiger partial charge >= 0.3 is 0 Å². The fourth-order valence-electron chi connectivity index (χ4n) is 2.65. The zero-order chi connectivity index (χ0) is 11.7. The van der Waals surface area contributed by atoms with E-state index < -0.39 is 0 Å². The SMILES string of the molecule is CNc1nc2ncnc(C3CCCCC3)c2[nH]1. The Balaban J connectivity index is 2.05. The lowest BCUT2D eigenvalue weighted by Crippen LogP contribution is -2.07. The van der Waals surface area contributed by atoms with E-state index in [0.717, 1.165) is 22.8 Å². The minimum Gasteiger partial charge on any atom is -0.359 e. The van der Waals surface area contributed by atoms with E-state index in [9.17, 15) is 0 Å². The zero-order valence-electron chi connectivity index (χ0n) is 10.0. The number of anilines is 1. The van der Waals surface area contributed by atoms with Gasteiger partial charge in [-0.2, -0.15) is 4.98 Å². The van der Waals surface area contributed by atoms with Gasteiger partial charge in [0.05, 0.1) is 5.69 Å². The van der Waals surface area contributed by atoms with Gasteiger partial charge in [-0.15, -0.1) is 0 Å². The summed E-state index contributed by atoms with van der Waals surface area (Å²) in [5.41, 5.74) is 2.91. The number of imidazole rings is 1. The van der Waals surface area contributed by atoms with Gasteiger partial charge in [0.1, 0.15) is 11.8 Å². The molecule has 2 N–H and O–H groups in total. The maximum absolute atomic E-state index is 4.47. The van der Waals surface area contributed by atoms with Crippen molar-refractivity contribution < 1.29 is 0 Å². The molecule has 1 aliphatic carbocycles. The van der Waals surface area contributed by atoms with Crippen LogP contribution < -0.4 is 5.32 Å². The van der Waals surface area contributed by atoms with Gasteiger partial charge < -0.3 is 10.3 Å². The van der Waals surface area contributed by atoms with E-state index in [1.807, 2.05) is 7.05 Å². The summed E-state index contributed by atoms with van der Waals surface area (Å²) in [4.78, 5) is 16.3. The molecule has 2 aromatic rings. The average Bonchev–Trinajstić information content (AvgIpc) is 2.82. The Hall–Kier alpha value is -1.65. The molecule has 0 saturated heterocycles. The molecule has 17 heavy (non-hydrogen) atoms. The molecule has 0 aliphatic heterocycles. The minimum atomic E-state index is 0.569. The molecule has 0 atom stereocenters. The van der Waals surface area contributed by atoms with Crippen molar-refractivity contribution in [2.75, 3.05) is 12.4 Å². The lowest BCUT2D eigenvalue weighted by Gasteiger charge is -2.20. The van der Waals surface area contributed by atoms with Crippen molar-refractivity contribution in [3.63, 3.8) is 0 Å². The summed E-state index contributed by atoms with van der Waals surface area (Å²) in [6, 6.07) is 0. The van der Waals surface area contributed by atoms with E-state index in [2.05, 4.69) is 25.3 Å². The molecular weight excluding hydrogens is 214 g/mol. The van der Waals surface area contributed by atoms with Gasteiger partial charge in [-0.1, -0.05) is 19.3 Å². The second-order valence-corrected chi connectivity index (χ2v) is 4.63. The first-order chi connectivity index (χ1) is 8.38. The highest BCUT2D eigenvalue weighted by molar-refractivity contribution is 5.76. The van der Waals surface area contributed by atoms with Gasteiger partial charge in [-0.3, -0.25) is 0 Å². The van der Waals surface area contributed by atoms with Gasteiger partial charge in [-0.05, 0) is 12.8 Å². The Bertz CT molecular complexity index is 513. The number of H-pyrrole nitrogens is 1. The molecule has 0 aromatic carbocycles. The first kappa shape index (κ1) is 10.5. The number of nitrogens with zero attached hydrogens (tertiary/aromatic N) is 3. The van der Waals surface area contributed by atoms with E-state index in [1.54, 1.807) is 6.33 Å². The van der Waals surface area contributed by atoms with Crippen LogP contribution in [-0.4, -0.2) is 27.0 Å². The van der Waals surface area contributed by atoms with E-state index in [4.69, 9.17) is 0 Å². The third-order valence-electron chi connectivity index (χ3n) is 3.55. The zero-order valence-corrected chi connectivity index (χ0v) is 10.0. The van der Waals surface area contributed by atoms with Crippen LogP contribution in [0.5, 0.6) is 0 Å². The normalized spacial score (nSPS) is 17.5. The highest BCUT2D eigenvalue weighted by Crippen LogP contribution is 2.34. The molecule has 1 saturated carbocycles. The third-order valence-corrected chi connectivity index (χ3v) is 3.55. The Morgan fingerprint density at radius 3 is 2.82 bits per heavy atom. The summed E-state index contributed by atoms with van der Waals surface area (Å²) < 4.78 is 0. The fraction of sp³-hybridized carbons (Fsp3) is 0.583. The standard InChI is InChI=1S/C12H17N5/c1-13-12-16-10-9(8-5-3-2-4-6-8)14-7-15-11(10)17-12/h7-8H,2-6H2,1H3,(H2,13,14,15,16,17). The van der Waals surface area contributed by atoms with Crippen molar-refractivity contribution in [2.24, 2.45) is 0 Å². The molecule has 90 valence electrons. The van der Waals surface area contributed by atoms with Crippen LogP contribution in [-0.2, 0) is 0 Å². The molecule has 1 fully saturated rings. The van der Waals surface area contributed by atoms with Gasteiger partial charge in [-0.25, -0.2) is 9.97 Å². The van der Waals surface area contributed by atoms with E-state index in [1.165, 1.54) is 32.1 Å².